The number of imidazole rings is 1. The fraction of sp³-hybridized carbons (Fsp3) is 0.217. The van der Waals surface area contributed by atoms with Crippen molar-refractivity contribution in [1.29, 1.82) is 0 Å². The maximum absolute atomic E-state index is 12.7. The van der Waals surface area contributed by atoms with Crippen LogP contribution < -0.4 is 4.72 Å². The van der Waals surface area contributed by atoms with Crippen LogP contribution in [0.25, 0.3) is 22.4 Å². The summed E-state index contributed by atoms with van der Waals surface area (Å²) in [6.07, 6.45) is 5.43. The fourth-order valence-corrected chi connectivity index (χ4v) is 4.54. The highest BCUT2D eigenvalue weighted by Crippen LogP contribution is 2.24. The predicted octanol–water partition coefficient (Wildman–Crippen LogP) is 4.03. The normalized spacial score (nSPS) is 11.8. The Morgan fingerprint density at radius 2 is 1.70 bits per heavy atom. The van der Waals surface area contributed by atoms with Crippen molar-refractivity contribution < 1.29 is 8.42 Å². The third-order valence-electron chi connectivity index (χ3n) is 4.99. The summed E-state index contributed by atoms with van der Waals surface area (Å²) >= 11 is 0. The number of para-hydroxylation sites is 2. The van der Waals surface area contributed by atoms with E-state index in [9.17, 15) is 8.42 Å². The Morgan fingerprint density at radius 1 is 0.967 bits per heavy atom. The van der Waals surface area contributed by atoms with Crippen molar-refractivity contribution in [3.63, 3.8) is 0 Å². The molecule has 4 aromatic rings. The molecule has 0 bridgehead atoms. The van der Waals surface area contributed by atoms with Crippen LogP contribution in [-0.2, 0) is 23.0 Å². The average molecular weight is 421 g/mol. The Balaban J connectivity index is 1.55. The van der Waals surface area contributed by atoms with E-state index in [2.05, 4.69) is 16.6 Å². The molecule has 0 saturated carbocycles. The molecule has 0 amide bonds. The largest absolute Gasteiger partial charge is 0.323 e. The van der Waals surface area contributed by atoms with Crippen LogP contribution in [-0.4, -0.2) is 29.5 Å². The van der Waals surface area contributed by atoms with Gasteiger partial charge in [0.1, 0.15) is 5.82 Å². The monoisotopic (exact) mass is 420 g/mol. The number of nitrogens with zero attached hydrogens (tertiary/aromatic N) is 3. The van der Waals surface area contributed by atoms with Crippen LogP contribution in [0.2, 0.25) is 0 Å². The Kier molecular flexibility index (Phi) is 5.92. The zero-order valence-corrected chi connectivity index (χ0v) is 17.6. The van der Waals surface area contributed by atoms with E-state index in [1.54, 1.807) is 24.5 Å². The second-order valence-electron chi connectivity index (χ2n) is 7.10. The van der Waals surface area contributed by atoms with Crippen LogP contribution in [0.5, 0.6) is 0 Å². The van der Waals surface area contributed by atoms with E-state index < -0.39 is 10.0 Å². The third-order valence-corrected chi connectivity index (χ3v) is 6.47. The van der Waals surface area contributed by atoms with Gasteiger partial charge in [0.2, 0.25) is 10.0 Å². The highest BCUT2D eigenvalue weighted by atomic mass is 32.2. The number of rotatable bonds is 8. The van der Waals surface area contributed by atoms with Crippen molar-refractivity contribution in [1.82, 2.24) is 19.3 Å². The molecule has 0 spiro atoms. The van der Waals surface area contributed by atoms with Crippen LogP contribution in [0.3, 0.4) is 0 Å². The maximum Gasteiger partial charge on any atom is 0.240 e. The van der Waals surface area contributed by atoms with Gasteiger partial charge in [-0.2, -0.15) is 0 Å². The van der Waals surface area contributed by atoms with Gasteiger partial charge in [0, 0.05) is 31.0 Å². The Labute approximate surface area is 176 Å². The van der Waals surface area contributed by atoms with Crippen molar-refractivity contribution in [3.8, 4) is 11.4 Å². The number of fused-ring (bicyclic) bond motifs is 1. The summed E-state index contributed by atoms with van der Waals surface area (Å²) < 4.78 is 30.2. The highest BCUT2D eigenvalue weighted by molar-refractivity contribution is 7.89. The standard InChI is InChI=1S/C23H24N4O2S/c1-2-5-18-8-10-20(11-9-18)30(28,29)25-16-17-27-22-7-4-3-6-21(22)26-23(27)19-12-14-24-15-13-19/h3-4,6-15,25H,2,5,16-17H2,1H3. The molecule has 6 nitrogen and oxygen atoms in total. The zero-order chi connectivity index (χ0) is 21.0. The van der Waals surface area contributed by atoms with Crippen LogP contribution in [0.15, 0.2) is 78.0 Å². The van der Waals surface area contributed by atoms with Crippen LogP contribution >= 0.6 is 0 Å². The predicted molar refractivity (Wildman–Crippen MR) is 119 cm³/mol. The van der Waals surface area contributed by atoms with E-state index in [0.29, 0.717) is 6.54 Å². The topological polar surface area (TPSA) is 76.9 Å². The second-order valence-corrected chi connectivity index (χ2v) is 8.87. The first kappa shape index (κ1) is 20.3. The number of hydrogen-bond acceptors (Lipinski definition) is 4. The van der Waals surface area contributed by atoms with Crippen molar-refractivity contribution in [2.45, 2.75) is 31.2 Å². The quantitative estimate of drug-likeness (QED) is 0.467. The Morgan fingerprint density at radius 3 is 2.43 bits per heavy atom. The molecule has 30 heavy (non-hydrogen) atoms. The molecule has 1 N–H and O–H groups in total. The van der Waals surface area contributed by atoms with E-state index in [1.165, 1.54) is 0 Å². The molecule has 4 rings (SSSR count). The number of pyridine rings is 1. The van der Waals surface area contributed by atoms with E-state index in [0.717, 1.165) is 40.8 Å². The molecule has 0 atom stereocenters. The van der Waals surface area contributed by atoms with Gasteiger partial charge in [-0.15, -0.1) is 0 Å². The number of benzene rings is 2. The summed E-state index contributed by atoms with van der Waals surface area (Å²) in [5.74, 6) is 0.793. The van der Waals surface area contributed by atoms with Crippen molar-refractivity contribution in [2.75, 3.05) is 6.54 Å². The third kappa shape index (κ3) is 4.27. The lowest BCUT2D eigenvalue weighted by atomic mass is 10.1. The summed E-state index contributed by atoms with van der Waals surface area (Å²) in [5.41, 5.74) is 3.92. The Bertz CT molecular complexity index is 1230. The van der Waals surface area contributed by atoms with Crippen molar-refractivity contribution in [2.24, 2.45) is 0 Å². The first-order valence-electron chi connectivity index (χ1n) is 10.0. The van der Waals surface area contributed by atoms with E-state index >= 15 is 0 Å². The molecule has 0 aliphatic carbocycles. The molecule has 2 aromatic heterocycles. The van der Waals surface area contributed by atoms with Crippen molar-refractivity contribution in [3.05, 3.63) is 78.6 Å². The summed E-state index contributed by atoms with van der Waals surface area (Å²) in [5, 5.41) is 0. The molecule has 0 unspecified atom stereocenters. The van der Waals surface area contributed by atoms with Gasteiger partial charge >= 0.3 is 0 Å². The van der Waals surface area contributed by atoms with E-state index in [-0.39, 0.29) is 11.4 Å². The molecule has 0 fully saturated rings. The molecule has 7 heteroatoms. The van der Waals surface area contributed by atoms with Gasteiger partial charge in [-0.25, -0.2) is 18.1 Å². The first-order chi connectivity index (χ1) is 14.6. The van der Waals surface area contributed by atoms with E-state index in [1.807, 2.05) is 53.1 Å². The SMILES string of the molecule is CCCc1ccc(S(=O)(=O)NCCn2c(-c3ccncc3)nc3ccccc32)cc1. The van der Waals surface area contributed by atoms with Crippen LogP contribution in [0.1, 0.15) is 18.9 Å². The number of aryl methyl sites for hydroxylation is 1. The average Bonchev–Trinajstić information content (AvgIpc) is 3.14. The zero-order valence-electron chi connectivity index (χ0n) is 16.8. The minimum absolute atomic E-state index is 0.261. The molecule has 0 aliphatic rings. The molecule has 0 radical (unpaired) electrons. The smallest absolute Gasteiger partial charge is 0.240 e. The van der Waals surface area contributed by atoms with Gasteiger partial charge in [-0.05, 0) is 48.4 Å². The minimum Gasteiger partial charge on any atom is -0.323 e. The second kappa shape index (κ2) is 8.77. The summed E-state index contributed by atoms with van der Waals surface area (Å²) in [7, 11) is -3.57. The lowest BCUT2D eigenvalue weighted by Gasteiger charge is -2.11. The maximum atomic E-state index is 12.7. The molecule has 154 valence electrons. The van der Waals surface area contributed by atoms with Crippen molar-refractivity contribution >= 4 is 21.1 Å². The van der Waals surface area contributed by atoms with Gasteiger partial charge in [0.05, 0.1) is 15.9 Å². The number of nitrogens with one attached hydrogen (secondary N) is 1. The summed E-state index contributed by atoms with van der Waals surface area (Å²) in [4.78, 5) is 9.10. The minimum atomic E-state index is -3.57. The lowest BCUT2D eigenvalue weighted by molar-refractivity contribution is 0.574. The van der Waals surface area contributed by atoms with Crippen LogP contribution in [0.4, 0.5) is 0 Å². The fourth-order valence-electron chi connectivity index (χ4n) is 3.52. The molecule has 0 saturated heterocycles. The first-order valence-corrected chi connectivity index (χ1v) is 11.5. The number of sulfonamides is 1. The molecule has 2 aromatic carbocycles. The molecular formula is C23H24N4O2S. The van der Waals surface area contributed by atoms with Gasteiger partial charge in [-0.1, -0.05) is 37.6 Å². The number of hydrogen-bond donors (Lipinski definition) is 1. The van der Waals surface area contributed by atoms with Crippen LogP contribution in [0, 0.1) is 0 Å². The van der Waals surface area contributed by atoms with Gasteiger partial charge in [-0.3, -0.25) is 4.98 Å². The highest BCUT2D eigenvalue weighted by Gasteiger charge is 2.16. The molecule has 0 aliphatic heterocycles. The van der Waals surface area contributed by atoms with E-state index in [4.69, 9.17) is 4.98 Å². The van der Waals surface area contributed by atoms with Gasteiger partial charge in [0.25, 0.3) is 0 Å². The van der Waals surface area contributed by atoms with Gasteiger partial charge < -0.3 is 4.57 Å². The molecular weight excluding hydrogens is 396 g/mol. The summed E-state index contributed by atoms with van der Waals surface area (Å²) in [6, 6.07) is 18.8. The summed E-state index contributed by atoms with van der Waals surface area (Å²) in [6.45, 7) is 2.83. The molecule has 2 heterocycles. The lowest BCUT2D eigenvalue weighted by Crippen LogP contribution is -2.27. The number of aromatic nitrogens is 3. The Hall–Kier alpha value is -3.03. The van der Waals surface area contributed by atoms with Gasteiger partial charge in [0.15, 0.2) is 0 Å².